The molecule has 1 aromatic rings. The van der Waals surface area contributed by atoms with E-state index in [-0.39, 0.29) is 0 Å². The van der Waals surface area contributed by atoms with E-state index in [1.165, 1.54) is 23.5 Å². The molecule has 0 unspecified atom stereocenters. The zero-order chi connectivity index (χ0) is 20.7. The number of hydrazine groups is 2. The van der Waals surface area contributed by atoms with E-state index >= 15 is 0 Å². The predicted octanol–water partition coefficient (Wildman–Crippen LogP) is 1.05. The number of sulfonamides is 1. The summed E-state index contributed by atoms with van der Waals surface area (Å²) in [6.07, 6.45) is 3.33. The molecule has 1 aliphatic rings. The molecule has 8 nitrogen and oxygen atoms in total. The third-order valence-corrected chi connectivity index (χ3v) is 6.03. The van der Waals surface area contributed by atoms with Crippen LogP contribution < -0.4 is 10.3 Å². The van der Waals surface area contributed by atoms with Gasteiger partial charge in [-0.25, -0.2) is 8.42 Å². The molecule has 1 fully saturated rings. The van der Waals surface area contributed by atoms with Crippen LogP contribution in [-0.2, 0) is 14.8 Å². The normalized spacial score (nSPS) is 14.3. The first-order chi connectivity index (χ1) is 13.2. The maximum absolute atomic E-state index is 12.3. The van der Waals surface area contributed by atoms with Crippen molar-refractivity contribution in [1.29, 1.82) is 0 Å². The van der Waals surface area contributed by atoms with Gasteiger partial charge < -0.3 is 4.90 Å². The lowest BCUT2D eigenvalue weighted by Gasteiger charge is -2.35. The maximum atomic E-state index is 12.3. The lowest BCUT2D eigenvalue weighted by Crippen LogP contribution is -2.50. The number of carbonyl (C=O) groups excluding carboxylic acids is 1. The summed E-state index contributed by atoms with van der Waals surface area (Å²) in [7, 11) is -0.783. The van der Waals surface area contributed by atoms with E-state index in [1.54, 1.807) is 19.2 Å². The highest BCUT2D eigenvalue weighted by Gasteiger charge is 2.22. The van der Waals surface area contributed by atoms with Gasteiger partial charge >= 0.3 is 0 Å². The highest BCUT2D eigenvalue weighted by atomic mass is 32.2. The molecule has 10 heteroatoms. The number of nitrogens with zero attached hydrogens (tertiary/aromatic N) is 3. The first kappa shape index (κ1) is 22.1. The minimum Gasteiger partial charge on any atom is -0.357 e. The quantitative estimate of drug-likeness (QED) is 0.476. The Labute approximate surface area is 172 Å². The molecule has 1 saturated heterocycles. The van der Waals surface area contributed by atoms with Crippen molar-refractivity contribution in [2.24, 2.45) is 0 Å². The lowest BCUT2D eigenvalue weighted by molar-refractivity contribution is -0.122. The molecule has 0 bridgehead atoms. The number of thiocarbonyl (C=S) groups is 1. The fraction of sp³-hybridized carbons (Fsp3) is 0.444. The molecule has 0 aliphatic carbocycles. The van der Waals surface area contributed by atoms with Crippen molar-refractivity contribution in [1.82, 2.24) is 25.2 Å². The van der Waals surface area contributed by atoms with Crippen molar-refractivity contribution in [3.8, 4) is 0 Å². The minimum atomic E-state index is -3.92. The number of amides is 1. The van der Waals surface area contributed by atoms with E-state index in [0.717, 1.165) is 25.9 Å². The summed E-state index contributed by atoms with van der Waals surface area (Å²) in [6, 6.07) is 9.02. The van der Waals surface area contributed by atoms with Crippen LogP contribution >= 0.6 is 12.2 Å². The Morgan fingerprint density at radius 3 is 2.36 bits per heavy atom. The van der Waals surface area contributed by atoms with Crippen molar-refractivity contribution in [3.05, 3.63) is 48.3 Å². The molecule has 28 heavy (non-hydrogen) atoms. The van der Waals surface area contributed by atoms with Crippen LogP contribution in [0.15, 0.2) is 42.7 Å². The monoisotopic (exact) mass is 425 g/mol. The summed E-state index contributed by atoms with van der Waals surface area (Å²) in [5.74, 6) is -0.750. The van der Waals surface area contributed by atoms with Crippen LogP contribution in [0.1, 0.15) is 24.8 Å². The van der Waals surface area contributed by atoms with Gasteiger partial charge in [0.2, 0.25) is 10.0 Å². The Balaban J connectivity index is 1.87. The van der Waals surface area contributed by atoms with E-state index in [1.807, 2.05) is 18.2 Å². The molecule has 2 rings (SSSR count). The number of piperidine rings is 1. The summed E-state index contributed by atoms with van der Waals surface area (Å²) >= 11 is 5.27. The first-order valence-corrected chi connectivity index (χ1v) is 11.1. The van der Waals surface area contributed by atoms with Crippen LogP contribution in [0.2, 0.25) is 0 Å². The van der Waals surface area contributed by atoms with Crippen LogP contribution in [0.5, 0.6) is 0 Å². The summed E-state index contributed by atoms with van der Waals surface area (Å²) in [4.78, 5) is 16.9. The van der Waals surface area contributed by atoms with Crippen LogP contribution in [0.25, 0.3) is 0 Å². The minimum absolute atomic E-state index is 0.306. The average Bonchev–Trinajstić information content (AvgIpc) is 2.67. The highest BCUT2D eigenvalue weighted by Crippen LogP contribution is 2.14. The molecule has 1 aromatic carbocycles. The lowest BCUT2D eigenvalue weighted by atomic mass is 10.1. The molecule has 0 radical (unpaired) electrons. The third kappa shape index (κ3) is 6.47. The molecular weight excluding hydrogens is 398 g/mol. The van der Waals surface area contributed by atoms with Crippen molar-refractivity contribution in [3.63, 3.8) is 0 Å². The molecule has 0 aromatic heterocycles. The topological polar surface area (TPSA) is 85.0 Å². The molecular formula is C18H27N5O3S2. The van der Waals surface area contributed by atoms with Crippen molar-refractivity contribution < 1.29 is 13.2 Å². The van der Waals surface area contributed by atoms with Gasteiger partial charge in [0, 0.05) is 32.7 Å². The van der Waals surface area contributed by atoms with Crippen molar-refractivity contribution in [2.45, 2.75) is 19.3 Å². The van der Waals surface area contributed by atoms with Gasteiger partial charge in [0.05, 0.1) is 0 Å². The second-order valence-electron chi connectivity index (χ2n) is 6.64. The van der Waals surface area contributed by atoms with Gasteiger partial charge in [-0.15, -0.1) is 4.83 Å². The molecule has 1 aliphatic heterocycles. The summed E-state index contributed by atoms with van der Waals surface area (Å²) < 4.78 is 24.6. The number of nitrogens with one attached hydrogen (secondary N) is 2. The third-order valence-electron chi connectivity index (χ3n) is 4.32. The van der Waals surface area contributed by atoms with E-state index < -0.39 is 21.7 Å². The van der Waals surface area contributed by atoms with Crippen molar-refractivity contribution in [2.75, 3.05) is 32.9 Å². The SMILES string of the molecule is C=C(N1CCCCC1)N(C)NC(=O)CS(=O)(=O)NN(C)C(=S)c1ccccc1. The second kappa shape index (κ2) is 9.85. The summed E-state index contributed by atoms with van der Waals surface area (Å²) in [6.45, 7) is 5.73. The molecule has 0 spiro atoms. The Morgan fingerprint density at radius 2 is 1.75 bits per heavy atom. The number of benzene rings is 1. The highest BCUT2D eigenvalue weighted by molar-refractivity contribution is 7.90. The number of rotatable bonds is 8. The van der Waals surface area contributed by atoms with Crippen LogP contribution in [0, 0.1) is 0 Å². The van der Waals surface area contributed by atoms with Gasteiger partial charge in [-0.1, -0.05) is 49.1 Å². The average molecular weight is 426 g/mol. The van der Waals surface area contributed by atoms with E-state index in [0.29, 0.717) is 16.4 Å². The number of carbonyl (C=O) groups is 1. The standard InChI is InChI=1S/C18H27N5O3S2/c1-15(23-12-8-5-9-13-23)21(2)19-17(24)14-28(25,26)20-22(3)18(27)16-10-6-4-7-11-16/h4,6-7,10-11,20H,1,5,8-9,12-14H2,2-3H3,(H,19,24). The summed E-state index contributed by atoms with van der Waals surface area (Å²) in [5, 5.41) is 2.67. The van der Waals surface area contributed by atoms with Gasteiger partial charge in [-0.05, 0) is 19.3 Å². The fourth-order valence-electron chi connectivity index (χ4n) is 2.88. The Bertz CT molecular complexity index is 808. The molecule has 0 atom stereocenters. The molecule has 2 N–H and O–H groups in total. The number of hydrogen-bond acceptors (Lipinski definition) is 6. The molecule has 0 saturated carbocycles. The van der Waals surface area contributed by atoms with Crippen LogP contribution in [0.3, 0.4) is 0 Å². The Hall–Kier alpha value is -2.17. The van der Waals surface area contributed by atoms with E-state index in [9.17, 15) is 13.2 Å². The van der Waals surface area contributed by atoms with Gasteiger partial charge in [-0.2, -0.15) is 0 Å². The Kier molecular flexibility index (Phi) is 7.78. The van der Waals surface area contributed by atoms with Gasteiger partial charge in [0.1, 0.15) is 16.6 Å². The predicted molar refractivity (Wildman–Crippen MR) is 113 cm³/mol. The van der Waals surface area contributed by atoms with Crippen LogP contribution in [0.4, 0.5) is 0 Å². The maximum Gasteiger partial charge on any atom is 0.255 e. The largest absolute Gasteiger partial charge is 0.357 e. The zero-order valence-electron chi connectivity index (χ0n) is 16.2. The molecule has 154 valence electrons. The molecule has 1 heterocycles. The van der Waals surface area contributed by atoms with Gasteiger partial charge in [-0.3, -0.25) is 20.2 Å². The second-order valence-corrected chi connectivity index (χ2v) is 8.73. The van der Waals surface area contributed by atoms with Crippen LogP contribution in [-0.4, -0.2) is 67.2 Å². The van der Waals surface area contributed by atoms with Gasteiger partial charge in [0.15, 0.2) is 0 Å². The zero-order valence-corrected chi connectivity index (χ0v) is 17.9. The van der Waals surface area contributed by atoms with E-state index in [2.05, 4.69) is 21.7 Å². The van der Waals surface area contributed by atoms with Gasteiger partial charge in [0.25, 0.3) is 5.91 Å². The number of hydrogen-bond donors (Lipinski definition) is 2. The fourth-order valence-corrected chi connectivity index (χ4v) is 4.10. The van der Waals surface area contributed by atoms with Crippen molar-refractivity contribution >= 4 is 33.1 Å². The first-order valence-electron chi connectivity index (χ1n) is 9.00. The number of likely N-dealkylation sites (tertiary alicyclic amines) is 1. The molecule has 1 amide bonds. The van der Waals surface area contributed by atoms with E-state index in [4.69, 9.17) is 12.2 Å². The summed E-state index contributed by atoms with van der Waals surface area (Å²) in [5.41, 5.74) is 3.25. The smallest absolute Gasteiger partial charge is 0.255 e. The Morgan fingerprint density at radius 1 is 1.14 bits per heavy atom.